The second-order valence-corrected chi connectivity index (χ2v) is 7.94. The molecule has 0 saturated carbocycles. The van der Waals surface area contributed by atoms with Gasteiger partial charge in [0.15, 0.2) is 0 Å². The van der Waals surface area contributed by atoms with Crippen molar-refractivity contribution in [2.75, 3.05) is 13.2 Å². The summed E-state index contributed by atoms with van der Waals surface area (Å²) in [7, 11) is 6.11. The number of esters is 1. The van der Waals surface area contributed by atoms with Gasteiger partial charge in [0, 0.05) is 0 Å². The number of aryl methyl sites for hydroxylation is 2. The summed E-state index contributed by atoms with van der Waals surface area (Å²) in [5.74, 6) is -0.971. The third-order valence-electron chi connectivity index (χ3n) is 5.36. The van der Waals surface area contributed by atoms with Crippen molar-refractivity contribution >= 4 is 25.0 Å². The Morgan fingerprint density at radius 3 is 1.97 bits per heavy atom. The van der Waals surface area contributed by atoms with Gasteiger partial charge in [-0.15, -0.1) is 0 Å². The molecule has 1 amide bonds. The summed E-state index contributed by atoms with van der Waals surface area (Å²) in [6, 6.07) is 8.43. The minimum absolute atomic E-state index is 0.0386. The van der Waals surface area contributed by atoms with Crippen LogP contribution >= 0.6 is 0 Å². The Balaban J connectivity index is 2.79. The van der Waals surface area contributed by atoms with Gasteiger partial charge in [-0.2, -0.15) is 0 Å². The van der Waals surface area contributed by atoms with Gasteiger partial charge in [0.1, 0.15) is 0 Å². The summed E-state index contributed by atoms with van der Waals surface area (Å²) in [6.45, 7) is 7.56. The molecule has 31 heavy (non-hydrogen) atoms. The first-order chi connectivity index (χ1) is 14.9. The number of ether oxygens (including phenoxy) is 2. The average molecular weight is 428 g/mol. The van der Waals surface area contributed by atoms with E-state index >= 15 is 0 Å². The summed E-state index contributed by atoms with van der Waals surface area (Å²) in [5.41, 5.74) is 0.839. The number of unbranched alkanes of at least 4 members (excludes halogenated alkanes) is 5. The summed E-state index contributed by atoms with van der Waals surface area (Å²) >= 11 is 0. The molecular weight excluding hydrogens is 389 g/mol. The number of rotatable bonds is 16. The molecule has 1 atom stereocenters. The molecule has 0 aliphatic rings. The molecule has 0 aromatic heterocycles. The predicted octanol–water partition coefficient (Wildman–Crippen LogP) is 4.30. The van der Waals surface area contributed by atoms with E-state index in [0.717, 1.165) is 12.0 Å². The quantitative estimate of drug-likeness (QED) is 0.242. The molecule has 1 radical (unpaired) electrons. The van der Waals surface area contributed by atoms with Gasteiger partial charge >= 0.3 is 163 Å². The van der Waals surface area contributed by atoms with Crippen LogP contribution in [0.4, 0.5) is 0 Å². The molecule has 1 rings (SSSR count). The van der Waals surface area contributed by atoms with Crippen LogP contribution in [0.2, 0.25) is 0 Å². The Bertz CT molecular complexity index is 669. The van der Waals surface area contributed by atoms with E-state index in [9.17, 15) is 9.59 Å². The van der Waals surface area contributed by atoms with Crippen molar-refractivity contribution in [3.05, 3.63) is 35.4 Å². The number of hydrogen-bond acceptors (Lipinski definition) is 4. The Morgan fingerprint density at radius 2 is 1.42 bits per heavy atom. The molecule has 1 aromatic carbocycles. The van der Waals surface area contributed by atoms with Crippen molar-refractivity contribution in [3.8, 4) is 0 Å². The first-order valence-corrected chi connectivity index (χ1v) is 11.7. The van der Waals surface area contributed by atoms with Crippen LogP contribution in [-0.4, -0.2) is 43.8 Å². The molecule has 0 aliphatic heterocycles. The number of hydrogen-bond donors (Lipinski definition) is 1. The Kier molecular flexibility index (Phi) is 12.9. The van der Waals surface area contributed by atoms with E-state index < -0.39 is 11.5 Å². The van der Waals surface area contributed by atoms with Crippen LogP contribution < -0.4 is 5.32 Å². The van der Waals surface area contributed by atoms with Crippen molar-refractivity contribution in [1.82, 2.24) is 5.32 Å². The zero-order valence-electron chi connectivity index (χ0n) is 19.8. The molecule has 0 spiro atoms. The third-order valence-corrected chi connectivity index (χ3v) is 5.36. The molecule has 5 nitrogen and oxygen atoms in total. The van der Waals surface area contributed by atoms with Crippen LogP contribution in [0, 0.1) is 0 Å². The van der Waals surface area contributed by atoms with E-state index in [1.807, 2.05) is 0 Å². The van der Waals surface area contributed by atoms with Crippen molar-refractivity contribution in [2.24, 2.45) is 0 Å². The van der Waals surface area contributed by atoms with Crippen LogP contribution in [0.1, 0.15) is 83.8 Å². The Hall–Kier alpha value is -2.11. The van der Waals surface area contributed by atoms with Crippen molar-refractivity contribution in [1.29, 1.82) is 0 Å². The zero-order chi connectivity index (χ0) is 23.1. The van der Waals surface area contributed by atoms with Crippen molar-refractivity contribution < 1.29 is 19.1 Å². The molecule has 0 aliphatic carbocycles. The molecule has 1 aromatic rings. The van der Waals surface area contributed by atoms with Crippen molar-refractivity contribution in [2.45, 2.75) is 91.0 Å². The molecule has 0 fully saturated rings. The van der Waals surface area contributed by atoms with E-state index in [4.69, 9.17) is 17.0 Å². The third kappa shape index (κ3) is 9.28. The summed E-state index contributed by atoms with van der Waals surface area (Å²) < 4.78 is 10.7. The van der Waals surface area contributed by atoms with E-state index in [2.05, 4.69) is 36.5 Å². The molecular formula is C25H39BNO4. The van der Waals surface area contributed by atoms with Gasteiger partial charge in [-0.3, -0.25) is 0 Å². The molecule has 0 saturated heterocycles. The van der Waals surface area contributed by atoms with Crippen LogP contribution in [-0.2, 0) is 31.9 Å². The maximum atomic E-state index is 12.8. The van der Waals surface area contributed by atoms with Gasteiger partial charge in [0.25, 0.3) is 0 Å². The van der Waals surface area contributed by atoms with Gasteiger partial charge in [-0.25, -0.2) is 0 Å². The number of carbonyl (C=O) groups is 2. The summed E-state index contributed by atoms with van der Waals surface area (Å²) in [5, 5.41) is 2.69. The molecule has 171 valence electrons. The van der Waals surface area contributed by atoms with E-state index in [1.165, 1.54) is 51.0 Å². The number of benzene rings is 1. The first kappa shape index (κ1) is 26.9. The van der Waals surface area contributed by atoms with Gasteiger partial charge < -0.3 is 0 Å². The molecule has 6 heteroatoms. The Labute approximate surface area is 189 Å². The fourth-order valence-electron chi connectivity index (χ4n) is 3.65. The standard InChI is InChI=1S/C25H39BNO4/c1-5-8-9-10-11-12-13-21-14-16-22(17-15-21)18-19-25(27-20(4)28,23(26)30-6-2)24(29)31-7-3/h14-17H,5-13,18-19H2,1-4H3,(H,27,28). The van der Waals surface area contributed by atoms with Gasteiger partial charge in [-0.05, 0) is 0 Å². The van der Waals surface area contributed by atoms with Crippen molar-refractivity contribution in [3.63, 3.8) is 0 Å². The number of carbonyl (C=O) groups excluding carboxylic acids is 2. The summed E-state index contributed by atoms with van der Waals surface area (Å²) in [4.78, 5) is 24.7. The average Bonchev–Trinajstić information content (AvgIpc) is 2.74. The molecule has 1 unspecified atom stereocenters. The fourth-order valence-corrected chi connectivity index (χ4v) is 3.65. The van der Waals surface area contributed by atoms with Gasteiger partial charge in [0.2, 0.25) is 0 Å². The van der Waals surface area contributed by atoms with Gasteiger partial charge in [0.05, 0.1) is 0 Å². The van der Waals surface area contributed by atoms with Crippen LogP contribution in [0.25, 0.3) is 0 Å². The second-order valence-electron chi connectivity index (χ2n) is 7.94. The van der Waals surface area contributed by atoms with E-state index in [1.54, 1.807) is 13.8 Å². The first-order valence-electron chi connectivity index (χ1n) is 11.7. The predicted molar refractivity (Wildman–Crippen MR) is 127 cm³/mol. The monoisotopic (exact) mass is 428 g/mol. The van der Waals surface area contributed by atoms with Crippen LogP contribution in [0.5, 0.6) is 0 Å². The SMILES string of the molecule is [B]=C(OCC)C(CCc1ccc(CCCCCCCC)cc1)(NC(C)=O)C(=O)OCC. The normalized spacial score (nSPS) is 12.6. The molecule has 0 bridgehead atoms. The number of nitrogens with one attached hydrogen (secondary N) is 1. The second kappa shape index (κ2) is 14.8. The maximum absolute atomic E-state index is 12.8. The number of amides is 1. The Morgan fingerprint density at radius 1 is 0.871 bits per heavy atom. The molecule has 0 heterocycles. The summed E-state index contributed by atoms with van der Waals surface area (Å²) in [6.07, 6.45) is 9.59. The fraction of sp³-hybridized carbons (Fsp3) is 0.640. The molecule has 1 N–H and O–H groups in total. The van der Waals surface area contributed by atoms with E-state index in [-0.39, 0.29) is 24.6 Å². The van der Waals surface area contributed by atoms with E-state index in [0.29, 0.717) is 13.0 Å². The van der Waals surface area contributed by atoms with Crippen LogP contribution in [0.15, 0.2) is 24.3 Å². The minimum atomic E-state index is -1.50. The van der Waals surface area contributed by atoms with Crippen LogP contribution in [0.3, 0.4) is 0 Å². The van der Waals surface area contributed by atoms with Gasteiger partial charge in [-0.1, -0.05) is 26.2 Å². The zero-order valence-corrected chi connectivity index (χ0v) is 19.8. The topological polar surface area (TPSA) is 64.6 Å².